The van der Waals surface area contributed by atoms with Crippen LogP contribution in [-0.4, -0.2) is 79.8 Å². The van der Waals surface area contributed by atoms with Crippen molar-refractivity contribution in [3.05, 3.63) is 23.8 Å². The molecule has 2 aliphatic heterocycles. The van der Waals surface area contributed by atoms with Gasteiger partial charge in [0.15, 0.2) is 18.2 Å². The lowest BCUT2D eigenvalue weighted by Gasteiger charge is -2.36. The third kappa shape index (κ3) is 6.10. The lowest BCUT2D eigenvalue weighted by atomic mass is 10.2. The van der Waals surface area contributed by atoms with Crippen LogP contribution in [0, 0.1) is 17.6 Å². The number of anilines is 2. The van der Waals surface area contributed by atoms with E-state index in [0.717, 1.165) is 12.1 Å². The first-order valence-corrected chi connectivity index (χ1v) is 11.4. The molecule has 0 saturated carbocycles. The molecule has 0 radical (unpaired) electrons. The maximum absolute atomic E-state index is 15.0. The van der Waals surface area contributed by atoms with Crippen LogP contribution in [0.3, 0.4) is 0 Å². The van der Waals surface area contributed by atoms with Crippen LogP contribution in [0.1, 0.15) is 20.8 Å². The molecule has 9 nitrogen and oxygen atoms in total. The van der Waals surface area contributed by atoms with Crippen LogP contribution >= 0.6 is 12.2 Å². The zero-order chi connectivity index (χ0) is 25.0. The van der Waals surface area contributed by atoms with Gasteiger partial charge in [-0.25, -0.2) is 13.6 Å². The number of piperazine rings is 1. The maximum Gasteiger partial charge on any atom is 0.414 e. The average Bonchev–Trinajstić information content (AvgIpc) is 3.16. The van der Waals surface area contributed by atoms with Crippen molar-refractivity contribution in [1.29, 1.82) is 0 Å². The van der Waals surface area contributed by atoms with Crippen LogP contribution in [0.15, 0.2) is 12.1 Å². The molecule has 1 aromatic carbocycles. The summed E-state index contributed by atoms with van der Waals surface area (Å²) in [5.74, 6) is -2.40. The molecule has 0 spiro atoms. The first kappa shape index (κ1) is 25.6. The van der Waals surface area contributed by atoms with Crippen molar-refractivity contribution in [3.63, 3.8) is 0 Å². The predicted molar refractivity (Wildman–Crippen MR) is 125 cm³/mol. The van der Waals surface area contributed by atoms with Crippen molar-refractivity contribution in [2.45, 2.75) is 26.9 Å². The maximum atomic E-state index is 15.0. The minimum absolute atomic E-state index is 0.0629. The molecule has 186 valence electrons. The summed E-state index contributed by atoms with van der Waals surface area (Å²) in [5, 5.41) is 3.04. The van der Waals surface area contributed by atoms with Crippen LogP contribution in [0.25, 0.3) is 0 Å². The van der Waals surface area contributed by atoms with Gasteiger partial charge in [0.25, 0.3) is 5.91 Å². The molecule has 2 fully saturated rings. The van der Waals surface area contributed by atoms with Crippen molar-refractivity contribution < 1.29 is 32.6 Å². The van der Waals surface area contributed by atoms with Crippen LogP contribution in [0.4, 0.5) is 25.0 Å². The number of halogens is 2. The summed E-state index contributed by atoms with van der Waals surface area (Å²) in [5.41, 5.74) is -0.156. The summed E-state index contributed by atoms with van der Waals surface area (Å²) >= 11 is 5.21. The molecular formula is C22H28F2N4O5S. The fourth-order valence-electron chi connectivity index (χ4n) is 3.70. The second-order valence-electron chi connectivity index (χ2n) is 8.42. The minimum Gasteiger partial charge on any atom is -0.456 e. The fraction of sp³-hybridized carbons (Fsp3) is 0.545. The second-order valence-corrected chi connectivity index (χ2v) is 8.86. The van der Waals surface area contributed by atoms with E-state index in [-0.39, 0.29) is 62.5 Å². The molecule has 0 aromatic heterocycles. The predicted octanol–water partition coefficient (Wildman–Crippen LogP) is 2.07. The number of nitrogens with zero attached hydrogens (tertiary/aromatic N) is 3. The van der Waals surface area contributed by atoms with Gasteiger partial charge in [0.2, 0.25) is 0 Å². The average molecular weight is 499 g/mol. The normalized spacial score (nSPS) is 18.2. The van der Waals surface area contributed by atoms with Gasteiger partial charge in [-0.1, -0.05) is 26.1 Å². The van der Waals surface area contributed by atoms with Gasteiger partial charge in [-0.2, -0.15) is 0 Å². The highest BCUT2D eigenvalue weighted by Crippen LogP contribution is 2.31. The largest absolute Gasteiger partial charge is 0.456 e. The molecule has 0 unspecified atom stereocenters. The van der Waals surface area contributed by atoms with E-state index in [1.54, 1.807) is 0 Å². The monoisotopic (exact) mass is 498 g/mol. The van der Waals surface area contributed by atoms with E-state index in [4.69, 9.17) is 21.7 Å². The van der Waals surface area contributed by atoms with Gasteiger partial charge in [-0.3, -0.25) is 14.5 Å². The molecule has 2 heterocycles. The highest BCUT2D eigenvalue weighted by molar-refractivity contribution is 7.80. The smallest absolute Gasteiger partial charge is 0.414 e. The Bertz CT molecular complexity index is 946. The van der Waals surface area contributed by atoms with Crippen LogP contribution in [0.5, 0.6) is 0 Å². The number of rotatable bonds is 7. The van der Waals surface area contributed by atoms with E-state index in [9.17, 15) is 23.2 Å². The van der Waals surface area contributed by atoms with E-state index >= 15 is 0 Å². The number of benzene rings is 1. The molecule has 2 saturated heterocycles. The molecule has 1 atom stereocenters. The molecule has 1 N–H and O–H groups in total. The van der Waals surface area contributed by atoms with Crippen molar-refractivity contribution in [2.24, 2.45) is 5.92 Å². The number of hydrogen-bond donors (Lipinski definition) is 1. The highest BCUT2D eigenvalue weighted by atomic mass is 32.1. The Labute approximate surface area is 201 Å². The molecule has 12 heteroatoms. The summed E-state index contributed by atoms with van der Waals surface area (Å²) < 4.78 is 39.9. The number of ether oxygens (including phenoxy) is 2. The molecular weight excluding hydrogens is 470 g/mol. The van der Waals surface area contributed by atoms with Crippen molar-refractivity contribution in [1.82, 2.24) is 10.2 Å². The van der Waals surface area contributed by atoms with Gasteiger partial charge >= 0.3 is 12.1 Å². The quantitative estimate of drug-likeness (QED) is 0.452. The molecule has 0 aliphatic carbocycles. The first-order valence-electron chi connectivity index (χ1n) is 11.0. The Hall–Kier alpha value is -3.02. The fourth-order valence-corrected chi connectivity index (χ4v) is 3.78. The standard InChI is InChI=1S/C22H28F2N4O5S/c1-13(2)21(34)25-10-16-11-28(22(31)33-16)15-8-17(23)20(18(24)9-15)27-6-4-26(5-7-27)19(30)12-32-14(3)29/h8-9,13,16H,4-7,10-12H2,1-3H3,(H,25,34)/t16-/m0/s1. The van der Waals surface area contributed by atoms with Gasteiger partial charge in [0.05, 0.1) is 23.8 Å². The Morgan fingerprint density at radius 2 is 1.82 bits per heavy atom. The molecule has 0 bridgehead atoms. The summed E-state index contributed by atoms with van der Waals surface area (Å²) in [4.78, 5) is 40.0. The topological polar surface area (TPSA) is 91.4 Å². The number of amides is 2. The number of cyclic esters (lactones) is 1. The Morgan fingerprint density at radius 1 is 1.21 bits per heavy atom. The van der Waals surface area contributed by atoms with Crippen molar-refractivity contribution in [3.8, 4) is 0 Å². The van der Waals surface area contributed by atoms with E-state index in [0.29, 0.717) is 11.5 Å². The summed E-state index contributed by atoms with van der Waals surface area (Å²) in [6, 6.07) is 2.21. The summed E-state index contributed by atoms with van der Waals surface area (Å²) in [6.07, 6.45) is -1.19. The van der Waals surface area contributed by atoms with Gasteiger partial charge in [-0.15, -0.1) is 0 Å². The number of nitrogens with one attached hydrogen (secondary N) is 1. The molecule has 1 aromatic rings. The summed E-state index contributed by atoms with van der Waals surface area (Å²) in [6.45, 7) is 6.03. The van der Waals surface area contributed by atoms with Gasteiger partial charge in [-0.05, 0) is 0 Å². The van der Waals surface area contributed by atoms with Crippen LogP contribution in [0.2, 0.25) is 0 Å². The molecule has 2 aliphatic rings. The van der Waals surface area contributed by atoms with E-state index in [1.165, 1.54) is 21.6 Å². The van der Waals surface area contributed by atoms with Gasteiger partial charge in [0, 0.05) is 51.2 Å². The molecule has 3 rings (SSSR count). The Balaban J connectivity index is 1.62. The first-order chi connectivity index (χ1) is 16.1. The van der Waals surface area contributed by atoms with Crippen molar-refractivity contribution in [2.75, 3.05) is 55.7 Å². The number of carbonyl (C=O) groups is 3. The Morgan fingerprint density at radius 3 is 2.38 bits per heavy atom. The van der Waals surface area contributed by atoms with Gasteiger partial charge in [0.1, 0.15) is 11.8 Å². The number of thiocarbonyl (C=S) groups is 1. The molecule has 34 heavy (non-hydrogen) atoms. The van der Waals surface area contributed by atoms with Crippen LogP contribution in [-0.2, 0) is 19.1 Å². The molecule has 2 amide bonds. The zero-order valence-electron chi connectivity index (χ0n) is 19.3. The lowest BCUT2D eigenvalue weighted by Crippen LogP contribution is -2.50. The third-order valence-electron chi connectivity index (χ3n) is 5.56. The van der Waals surface area contributed by atoms with Crippen LogP contribution < -0.4 is 15.1 Å². The number of carbonyl (C=O) groups excluding carboxylic acids is 3. The second kappa shape index (κ2) is 10.9. The lowest BCUT2D eigenvalue weighted by molar-refractivity contribution is -0.150. The van der Waals surface area contributed by atoms with E-state index < -0.39 is 29.8 Å². The van der Waals surface area contributed by atoms with E-state index in [1.807, 2.05) is 13.8 Å². The van der Waals surface area contributed by atoms with Gasteiger partial charge < -0.3 is 24.6 Å². The highest BCUT2D eigenvalue weighted by Gasteiger charge is 2.34. The SMILES string of the molecule is CC(=O)OCC(=O)N1CCN(c2c(F)cc(N3C[C@H](CNC(=S)C(C)C)OC3=O)cc2F)CC1. The number of hydrogen-bond acceptors (Lipinski definition) is 7. The van der Waals surface area contributed by atoms with E-state index in [2.05, 4.69) is 5.32 Å². The summed E-state index contributed by atoms with van der Waals surface area (Å²) in [7, 11) is 0. The zero-order valence-corrected chi connectivity index (χ0v) is 20.1. The third-order valence-corrected chi connectivity index (χ3v) is 6.18. The minimum atomic E-state index is -0.815. The number of esters is 1. The Kier molecular flexibility index (Phi) is 8.24. The van der Waals surface area contributed by atoms with Crippen molar-refractivity contribution >= 4 is 46.6 Å².